The molecule has 0 fully saturated rings. The van der Waals surface area contributed by atoms with Crippen LogP contribution in [0.5, 0.6) is 0 Å². The van der Waals surface area contributed by atoms with Crippen molar-refractivity contribution in [3.05, 3.63) is 59.7 Å². The molecule has 19 heavy (non-hydrogen) atoms. The predicted molar refractivity (Wildman–Crippen MR) is 61.5 cm³/mol. The molecule has 0 atom stereocenters. The second kappa shape index (κ2) is 4.12. The van der Waals surface area contributed by atoms with Gasteiger partial charge in [0.05, 0.1) is 5.56 Å². The minimum Gasteiger partial charge on any atom is -0.453 e. The van der Waals surface area contributed by atoms with Gasteiger partial charge in [0.1, 0.15) is 23.2 Å². The molecule has 3 aromatic rings. The van der Waals surface area contributed by atoms with Gasteiger partial charge in [0.2, 0.25) is 0 Å². The van der Waals surface area contributed by atoms with E-state index in [0.717, 1.165) is 0 Å². The summed E-state index contributed by atoms with van der Waals surface area (Å²) in [6, 6.07) is 6.56. The van der Waals surface area contributed by atoms with Crippen LogP contribution >= 0.6 is 0 Å². The van der Waals surface area contributed by atoms with E-state index in [0.29, 0.717) is 17.5 Å². The van der Waals surface area contributed by atoms with Crippen LogP contribution in [0.15, 0.2) is 40.8 Å². The fraction of sp³-hybridized carbons (Fsp3) is 0. The van der Waals surface area contributed by atoms with Crippen LogP contribution in [-0.2, 0) is 0 Å². The maximum Gasteiger partial charge on any atom is 0.170 e. The zero-order chi connectivity index (χ0) is 13.6. The first-order valence-corrected chi connectivity index (χ1v) is 5.39. The van der Waals surface area contributed by atoms with E-state index < -0.39 is 28.8 Å². The molecule has 0 saturated heterocycles. The summed E-state index contributed by atoms with van der Waals surface area (Å²) in [7, 11) is 0. The zero-order valence-corrected chi connectivity index (χ0v) is 9.38. The summed E-state index contributed by atoms with van der Waals surface area (Å²) < 4.78 is 58.6. The summed E-state index contributed by atoms with van der Waals surface area (Å²) in [6.07, 6.45) is 0. The Kier molecular flexibility index (Phi) is 2.55. The number of hydrogen-bond acceptors (Lipinski definition) is 1. The zero-order valence-electron chi connectivity index (χ0n) is 9.38. The molecule has 0 N–H and O–H groups in total. The van der Waals surface area contributed by atoms with Crippen LogP contribution in [0.3, 0.4) is 0 Å². The van der Waals surface area contributed by atoms with Gasteiger partial charge in [-0.15, -0.1) is 0 Å². The minimum absolute atomic E-state index is 0.0966. The van der Waals surface area contributed by atoms with Crippen molar-refractivity contribution < 1.29 is 22.0 Å². The monoisotopic (exact) mass is 266 g/mol. The van der Waals surface area contributed by atoms with Gasteiger partial charge in [-0.05, 0) is 12.1 Å². The fourth-order valence-corrected chi connectivity index (χ4v) is 1.93. The van der Waals surface area contributed by atoms with Crippen LogP contribution in [0.25, 0.3) is 22.3 Å². The molecular formula is C14H6F4O. The third kappa shape index (κ3) is 1.87. The number of fused-ring (bicyclic) bond motifs is 1. The molecule has 2 aromatic carbocycles. The smallest absolute Gasteiger partial charge is 0.170 e. The second-order valence-corrected chi connectivity index (χ2v) is 4.01. The van der Waals surface area contributed by atoms with Gasteiger partial charge < -0.3 is 4.42 Å². The Morgan fingerprint density at radius 3 is 2.11 bits per heavy atom. The molecule has 0 radical (unpaired) electrons. The average molecular weight is 266 g/mol. The molecule has 0 amide bonds. The van der Waals surface area contributed by atoms with Gasteiger partial charge in [-0.25, -0.2) is 17.6 Å². The van der Waals surface area contributed by atoms with Crippen LogP contribution in [0.2, 0.25) is 0 Å². The Hall–Kier alpha value is -2.30. The van der Waals surface area contributed by atoms with Crippen LogP contribution in [0.4, 0.5) is 17.6 Å². The summed E-state index contributed by atoms with van der Waals surface area (Å²) in [4.78, 5) is 0. The van der Waals surface area contributed by atoms with E-state index in [9.17, 15) is 17.6 Å². The van der Waals surface area contributed by atoms with E-state index in [1.54, 1.807) is 6.07 Å². The Morgan fingerprint density at radius 2 is 1.47 bits per heavy atom. The third-order valence-electron chi connectivity index (χ3n) is 2.75. The van der Waals surface area contributed by atoms with Crippen molar-refractivity contribution in [3.63, 3.8) is 0 Å². The van der Waals surface area contributed by atoms with Gasteiger partial charge in [0.15, 0.2) is 11.4 Å². The number of hydrogen-bond donors (Lipinski definition) is 0. The van der Waals surface area contributed by atoms with Crippen LogP contribution in [0.1, 0.15) is 0 Å². The van der Waals surface area contributed by atoms with Gasteiger partial charge in [0, 0.05) is 17.5 Å². The van der Waals surface area contributed by atoms with Crippen molar-refractivity contribution in [1.82, 2.24) is 0 Å². The molecule has 1 heterocycles. The molecule has 0 unspecified atom stereocenters. The molecule has 1 aromatic heterocycles. The highest BCUT2D eigenvalue weighted by molar-refractivity contribution is 5.83. The molecule has 0 aliphatic carbocycles. The number of furan rings is 1. The van der Waals surface area contributed by atoms with Crippen molar-refractivity contribution in [2.24, 2.45) is 0 Å². The van der Waals surface area contributed by atoms with Gasteiger partial charge in [-0.1, -0.05) is 12.1 Å². The first kappa shape index (κ1) is 11.8. The van der Waals surface area contributed by atoms with E-state index in [4.69, 9.17) is 4.42 Å². The summed E-state index contributed by atoms with van der Waals surface area (Å²) in [6.45, 7) is 0. The van der Waals surface area contributed by atoms with Crippen LogP contribution in [0, 0.1) is 23.3 Å². The highest BCUT2D eigenvalue weighted by Crippen LogP contribution is 2.32. The third-order valence-corrected chi connectivity index (χ3v) is 2.75. The maximum absolute atomic E-state index is 13.6. The average Bonchev–Trinajstić information content (AvgIpc) is 2.72. The Balaban J connectivity index is 2.28. The minimum atomic E-state index is -1.10. The molecular weight excluding hydrogens is 260 g/mol. The molecule has 5 heteroatoms. The van der Waals surface area contributed by atoms with Gasteiger partial charge in [0.25, 0.3) is 0 Å². The standard InChI is InChI=1S/C14H6F4O/c15-8-5-10(17)13(11(18)6-8)12-4-7-2-1-3-9(16)14(7)19-12/h1-6H. The van der Waals surface area contributed by atoms with Crippen LogP contribution in [-0.4, -0.2) is 0 Å². The molecule has 0 aliphatic rings. The van der Waals surface area contributed by atoms with Crippen molar-refractivity contribution in [1.29, 1.82) is 0 Å². The lowest BCUT2D eigenvalue weighted by Gasteiger charge is -2.01. The molecule has 3 rings (SSSR count). The molecule has 1 nitrogen and oxygen atoms in total. The van der Waals surface area contributed by atoms with Gasteiger partial charge in [-0.3, -0.25) is 0 Å². The number of benzene rings is 2. The SMILES string of the molecule is Fc1cc(F)c(-c2cc3cccc(F)c3o2)c(F)c1. The first-order valence-electron chi connectivity index (χ1n) is 5.39. The van der Waals surface area contributed by atoms with E-state index in [2.05, 4.69) is 0 Å². The number of halogens is 4. The van der Waals surface area contributed by atoms with E-state index in [1.807, 2.05) is 0 Å². The first-order chi connectivity index (χ1) is 9.06. The lowest BCUT2D eigenvalue weighted by Crippen LogP contribution is -1.90. The topological polar surface area (TPSA) is 13.1 Å². The van der Waals surface area contributed by atoms with E-state index in [1.165, 1.54) is 18.2 Å². The van der Waals surface area contributed by atoms with Crippen LogP contribution < -0.4 is 0 Å². The van der Waals surface area contributed by atoms with Gasteiger partial charge >= 0.3 is 0 Å². The number of para-hydroxylation sites is 1. The Bertz CT molecular complexity index is 753. The molecule has 0 bridgehead atoms. The fourth-order valence-electron chi connectivity index (χ4n) is 1.93. The Morgan fingerprint density at radius 1 is 0.789 bits per heavy atom. The molecule has 0 aliphatic heterocycles. The van der Waals surface area contributed by atoms with Crippen molar-refractivity contribution in [3.8, 4) is 11.3 Å². The van der Waals surface area contributed by atoms with E-state index >= 15 is 0 Å². The highest BCUT2D eigenvalue weighted by atomic mass is 19.1. The largest absolute Gasteiger partial charge is 0.453 e. The maximum atomic E-state index is 13.6. The van der Waals surface area contributed by atoms with Crippen molar-refractivity contribution in [2.45, 2.75) is 0 Å². The lowest BCUT2D eigenvalue weighted by atomic mass is 10.1. The highest BCUT2D eigenvalue weighted by Gasteiger charge is 2.18. The normalized spacial score (nSPS) is 11.2. The quantitative estimate of drug-likeness (QED) is 0.584. The lowest BCUT2D eigenvalue weighted by molar-refractivity contribution is 0.530. The van der Waals surface area contributed by atoms with Crippen molar-refractivity contribution >= 4 is 11.0 Å². The molecule has 0 spiro atoms. The summed E-state index contributed by atoms with van der Waals surface area (Å²) in [5.74, 6) is -4.04. The molecule has 0 saturated carbocycles. The summed E-state index contributed by atoms with van der Waals surface area (Å²) in [5.41, 5.74) is -0.613. The molecule has 96 valence electrons. The summed E-state index contributed by atoms with van der Waals surface area (Å²) >= 11 is 0. The van der Waals surface area contributed by atoms with Crippen molar-refractivity contribution in [2.75, 3.05) is 0 Å². The van der Waals surface area contributed by atoms with E-state index in [-0.39, 0.29) is 11.3 Å². The van der Waals surface area contributed by atoms with Gasteiger partial charge in [-0.2, -0.15) is 0 Å². The summed E-state index contributed by atoms with van der Waals surface area (Å²) in [5, 5.41) is 0.373. The second-order valence-electron chi connectivity index (χ2n) is 4.01. The number of rotatable bonds is 1. The Labute approximate surface area is 105 Å². The predicted octanol–water partition coefficient (Wildman–Crippen LogP) is 4.66.